The number of carbonyl (C=O) groups excluding carboxylic acids is 2. The van der Waals surface area contributed by atoms with Crippen molar-refractivity contribution in [3.8, 4) is 0 Å². The van der Waals surface area contributed by atoms with Crippen LogP contribution in [0.5, 0.6) is 0 Å². The Hall–Kier alpha value is -2.23. The fourth-order valence-corrected chi connectivity index (χ4v) is 5.51. The normalized spacial score (nSPS) is 16.0. The molecule has 0 bridgehead atoms. The lowest BCUT2D eigenvalue weighted by atomic mass is 9.98. The molecule has 2 amide bonds. The molecule has 1 aliphatic rings. The van der Waals surface area contributed by atoms with Crippen molar-refractivity contribution in [2.24, 2.45) is 5.92 Å². The Bertz CT molecular complexity index is 901. The van der Waals surface area contributed by atoms with Crippen molar-refractivity contribution in [1.29, 1.82) is 0 Å². The van der Waals surface area contributed by atoms with E-state index in [0.29, 0.717) is 22.6 Å². The lowest BCUT2D eigenvalue weighted by molar-refractivity contribution is -0.126. The van der Waals surface area contributed by atoms with E-state index in [-0.39, 0.29) is 30.8 Å². The summed E-state index contributed by atoms with van der Waals surface area (Å²) in [4.78, 5) is 24.3. The number of hydrogen-bond donors (Lipinski definition) is 2. The summed E-state index contributed by atoms with van der Waals surface area (Å²) in [5, 5.41) is 1.73. The second-order valence-corrected chi connectivity index (χ2v) is 9.53. The van der Waals surface area contributed by atoms with E-state index < -0.39 is 10.0 Å². The fourth-order valence-electron chi connectivity index (χ4n) is 2.89. The number of nitrogens with one attached hydrogen (secondary N) is 2. The van der Waals surface area contributed by atoms with Crippen LogP contribution >= 0.6 is 11.3 Å². The largest absolute Gasteiger partial charge is 0.273 e. The maximum atomic E-state index is 12.5. The van der Waals surface area contributed by atoms with Gasteiger partial charge in [0.1, 0.15) is 4.21 Å². The van der Waals surface area contributed by atoms with E-state index in [1.165, 1.54) is 15.6 Å². The molecule has 9 heteroatoms. The number of benzene rings is 1. The van der Waals surface area contributed by atoms with Gasteiger partial charge < -0.3 is 0 Å². The first-order valence-electron chi connectivity index (χ1n) is 8.58. The molecule has 0 atom stereocenters. The highest BCUT2D eigenvalue weighted by Crippen LogP contribution is 2.26. The molecule has 0 spiro atoms. The zero-order chi connectivity index (χ0) is 19.4. The molecule has 1 saturated heterocycles. The first-order valence-corrected chi connectivity index (χ1v) is 10.9. The summed E-state index contributed by atoms with van der Waals surface area (Å²) >= 11 is 1.18. The van der Waals surface area contributed by atoms with Crippen LogP contribution in [-0.2, 0) is 14.8 Å². The third-order valence-electron chi connectivity index (χ3n) is 4.53. The molecule has 3 rings (SSSR count). The molecule has 1 aromatic heterocycles. The van der Waals surface area contributed by atoms with Gasteiger partial charge in [0.15, 0.2) is 0 Å². The Labute approximate surface area is 162 Å². The van der Waals surface area contributed by atoms with Crippen LogP contribution in [0.3, 0.4) is 0 Å². The van der Waals surface area contributed by atoms with Crippen molar-refractivity contribution in [1.82, 2.24) is 15.2 Å². The van der Waals surface area contributed by atoms with Crippen LogP contribution in [-0.4, -0.2) is 37.6 Å². The van der Waals surface area contributed by atoms with Crippen LogP contribution in [0, 0.1) is 12.8 Å². The van der Waals surface area contributed by atoms with Crippen molar-refractivity contribution in [3.63, 3.8) is 0 Å². The molecular formula is C18H21N3O4S2. The molecule has 0 saturated carbocycles. The molecule has 0 unspecified atom stereocenters. The predicted octanol–water partition coefficient (Wildman–Crippen LogP) is 1.92. The molecule has 144 valence electrons. The Balaban J connectivity index is 1.50. The SMILES string of the molecule is Cc1ccc(C(=O)NNC(=O)C2CCN(S(=O)(=O)c3cccs3)CC2)cc1. The van der Waals surface area contributed by atoms with E-state index in [9.17, 15) is 18.0 Å². The van der Waals surface area contributed by atoms with Gasteiger partial charge in [0.25, 0.3) is 15.9 Å². The number of amides is 2. The van der Waals surface area contributed by atoms with Gasteiger partial charge in [-0.3, -0.25) is 20.4 Å². The summed E-state index contributed by atoms with van der Waals surface area (Å²) in [5.41, 5.74) is 6.35. The maximum Gasteiger partial charge on any atom is 0.269 e. The lowest BCUT2D eigenvalue weighted by Crippen LogP contribution is -2.48. The molecule has 2 N–H and O–H groups in total. The van der Waals surface area contributed by atoms with Crippen LogP contribution in [0.25, 0.3) is 0 Å². The van der Waals surface area contributed by atoms with Crippen molar-refractivity contribution in [2.45, 2.75) is 24.0 Å². The quantitative estimate of drug-likeness (QED) is 0.757. The summed E-state index contributed by atoms with van der Waals surface area (Å²) in [6.45, 7) is 2.49. The predicted molar refractivity (Wildman–Crippen MR) is 103 cm³/mol. The Morgan fingerprint density at radius 2 is 1.74 bits per heavy atom. The van der Waals surface area contributed by atoms with Gasteiger partial charge in [0, 0.05) is 24.6 Å². The third kappa shape index (κ3) is 4.55. The summed E-state index contributed by atoms with van der Waals surface area (Å²) in [7, 11) is -3.48. The lowest BCUT2D eigenvalue weighted by Gasteiger charge is -2.30. The van der Waals surface area contributed by atoms with E-state index in [4.69, 9.17) is 0 Å². The number of hydrazine groups is 1. The molecule has 1 fully saturated rings. The van der Waals surface area contributed by atoms with E-state index in [1.54, 1.807) is 29.6 Å². The second kappa shape index (κ2) is 8.20. The number of nitrogens with zero attached hydrogens (tertiary/aromatic N) is 1. The standard InChI is InChI=1S/C18H21N3O4S2/c1-13-4-6-14(7-5-13)17(22)19-20-18(23)15-8-10-21(11-9-15)27(24,25)16-3-2-12-26-16/h2-7,12,15H,8-11H2,1H3,(H,19,22)(H,20,23). The van der Waals surface area contributed by atoms with Crippen molar-refractivity contribution >= 4 is 33.2 Å². The van der Waals surface area contributed by atoms with Crippen LogP contribution in [0.1, 0.15) is 28.8 Å². The van der Waals surface area contributed by atoms with Gasteiger partial charge in [-0.2, -0.15) is 4.31 Å². The highest BCUT2D eigenvalue weighted by Gasteiger charge is 2.32. The van der Waals surface area contributed by atoms with E-state index in [2.05, 4.69) is 10.9 Å². The molecule has 7 nitrogen and oxygen atoms in total. The minimum Gasteiger partial charge on any atom is -0.273 e. The highest BCUT2D eigenvalue weighted by atomic mass is 32.2. The van der Waals surface area contributed by atoms with Gasteiger partial charge in [-0.05, 0) is 43.3 Å². The van der Waals surface area contributed by atoms with E-state index in [1.807, 2.05) is 19.1 Å². The molecule has 0 radical (unpaired) electrons. The first-order chi connectivity index (χ1) is 12.9. The molecule has 1 aromatic carbocycles. The van der Waals surface area contributed by atoms with Crippen LogP contribution < -0.4 is 10.9 Å². The number of piperidine rings is 1. The zero-order valence-corrected chi connectivity index (χ0v) is 16.5. The van der Waals surface area contributed by atoms with Gasteiger partial charge in [0.05, 0.1) is 0 Å². The molecule has 27 heavy (non-hydrogen) atoms. The van der Waals surface area contributed by atoms with Gasteiger partial charge in [-0.1, -0.05) is 23.8 Å². The number of aryl methyl sites for hydroxylation is 1. The average Bonchev–Trinajstić information content (AvgIpc) is 3.22. The minimum absolute atomic E-state index is 0.282. The summed E-state index contributed by atoms with van der Waals surface area (Å²) in [6, 6.07) is 10.3. The minimum atomic E-state index is -3.48. The zero-order valence-electron chi connectivity index (χ0n) is 14.8. The number of rotatable bonds is 4. The molecule has 2 heterocycles. The van der Waals surface area contributed by atoms with E-state index in [0.717, 1.165) is 5.56 Å². The van der Waals surface area contributed by atoms with Gasteiger partial charge in [-0.15, -0.1) is 11.3 Å². The van der Waals surface area contributed by atoms with Crippen LogP contribution in [0.4, 0.5) is 0 Å². The first kappa shape index (κ1) is 19.5. The smallest absolute Gasteiger partial charge is 0.269 e. The average molecular weight is 408 g/mol. The number of sulfonamides is 1. The van der Waals surface area contributed by atoms with Gasteiger partial charge in [-0.25, -0.2) is 8.42 Å². The Morgan fingerprint density at radius 1 is 1.07 bits per heavy atom. The van der Waals surface area contributed by atoms with E-state index >= 15 is 0 Å². The van der Waals surface area contributed by atoms with Gasteiger partial charge in [0.2, 0.25) is 5.91 Å². The molecule has 1 aliphatic heterocycles. The maximum absolute atomic E-state index is 12.5. The number of carbonyl (C=O) groups is 2. The fraction of sp³-hybridized carbons (Fsp3) is 0.333. The van der Waals surface area contributed by atoms with Crippen molar-refractivity contribution in [2.75, 3.05) is 13.1 Å². The second-order valence-electron chi connectivity index (χ2n) is 6.42. The summed E-state index contributed by atoms with van der Waals surface area (Å²) < 4.78 is 26.7. The molecule has 0 aliphatic carbocycles. The summed E-state index contributed by atoms with van der Waals surface area (Å²) in [6.07, 6.45) is 0.827. The third-order valence-corrected chi connectivity index (χ3v) is 7.80. The van der Waals surface area contributed by atoms with Crippen molar-refractivity contribution in [3.05, 3.63) is 52.9 Å². The summed E-state index contributed by atoms with van der Waals surface area (Å²) in [5.74, 6) is -1.03. The van der Waals surface area contributed by atoms with Crippen LogP contribution in [0.2, 0.25) is 0 Å². The highest BCUT2D eigenvalue weighted by molar-refractivity contribution is 7.91. The number of thiophene rings is 1. The molecule has 2 aromatic rings. The van der Waals surface area contributed by atoms with Crippen molar-refractivity contribution < 1.29 is 18.0 Å². The van der Waals surface area contributed by atoms with Crippen LogP contribution in [0.15, 0.2) is 46.0 Å². The Morgan fingerprint density at radius 3 is 2.33 bits per heavy atom. The topological polar surface area (TPSA) is 95.6 Å². The Kier molecular flexibility index (Phi) is 5.93. The molecular weight excluding hydrogens is 386 g/mol. The monoisotopic (exact) mass is 407 g/mol. The van der Waals surface area contributed by atoms with Gasteiger partial charge >= 0.3 is 0 Å². The number of hydrogen-bond acceptors (Lipinski definition) is 5.